The summed E-state index contributed by atoms with van der Waals surface area (Å²) in [5, 5.41) is 6.65. The summed E-state index contributed by atoms with van der Waals surface area (Å²) in [5.41, 5.74) is 3.43. The summed E-state index contributed by atoms with van der Waals surface area (Å²) in [6.07, 6.45) is 5.70. The number of hydrazone groups is 1. The molecule has 0 aliphatic rings. The van der Waals surface area contributed by atoms with Crippen molar-refractivity contribution in [2.75, 3.05) is 18.2 Å². The molecule has 34 heavy (non-hydrogen) atoms. The number of hydrogen-bond acceptors (Lipinski definition) is 5. The van der Waals surface area contributed by atoms with E-state index in [2.05, 4.69) is 6.58 Å². The average Bonchev–Trinajstić information content (AvgIpc) is 2.87. The molecule has 5 nitrogen and oxygen atoms in total. The van der Waals surface area contributed by atoms with Crippen LogP contribution in [-0.2, 0) is 9.53 Å². The topological polar surface area (TPSA) is 51.1 Å². The molecule has 3 aromatic carbocycles. The van der Waals surface area contributed by atoms with Crippen molar-refractivity contribution in [3.05, 3.63) is 103 Å². The molecular weight excluding hydrogens is 424 g/mol. The lowest BCUT2D eigenvalue weighted by molar-refractivity contribution is -0.139. The lowest BCUT2D eigenvalue weighted by Gasteiger charge is -2.19. The quantitative estimate of drug-likeness (QED) is 0.0921. The van der Waals surface area contributed by atoms with Crippen molar-refractivity contribution in [3.63, 3.8) is 0 Å². The first-order chi connectivity index (χ1) is 16.6. The van der Waals surface area contributed by atoms with Crippen molar-refractivity contribution >= 4 is 23.6 Å². The van der Waals surface area contributed by atoms with Crippen LogP contribution in [0, 0.1) is 0 Å². The third-order valence-corrected chi connectivity index (χ3v) is 5.09. The zero-order chi connectivity index (χ0) is 24.0. The Balaban J connectivity index is 1.44. The Morgan fingerprint density at radius 2 is 1.38 bits per heavy atom. The van der Waals surface area contributed by atoms with Crippen molar-refractivity contribution in [3.8, 4) is 5.75 Å². The van der Waals surface area contributed by atoms with Crippen molar-refractivity contribution in [2.45, 2.75) is 32.6 Å². The molecule has 0 N–H and O–H groups in total. The van der Waals surface area contributed by atoms with E-state index in [1.54, 1.807) is 6.92 Å². The van der Waals surface area contributed by atoms with Gasteiger partial charge in [-0.05, 0) is 86.7 Å². The van der Waals surface area contributed by atoms with Crippen LogP contribution < -0.4 is 9.75 Å². The van der Waals surface area contributed by atoms with Gasteiger partial charge in [-0.2, -0.15) is 5.10 Å². The van der Waals surface area contributed by atoms with Gasteiger partial charge < -0.3 is 9.47 Å². The van der Waals surface area contributed by atoms with E-state index in [9.17, 15) is 4.79 Å². The van der Waals surface area contributed by atoms with E-state index in [-0.39, 0.29) is 5.97 Å². The minimum absolute atomic E-state index is 0.315. The molecule has 176 valence electrons. The summed E-state index contributed by atoms with van der Waals surface area (Å²) in [6.45, 7) is 6.33. The van der Waals surface area contributed by atoms with E-state index in [0.29, 0.717) is 18.8 Å². The van der Waals surface area contributed by atoms with Gasteiger partial charge in [0.05, 0.1) is 30.8 Å². The van der Waals surface area contributed by atoms with Gasteiger partial charge in [0.25, 0.3) is 0 Å². The van der Waals surface area contributed by atoms with Crippen LogP contribution in [0.15, 0.2) is 102 Å². The summed E-state index contributed by atoms with van der Waals surface area (Å²) in [7, 11) is 0. The Morgan fingerprint density at radius 3 is 1.94 bits per heavy atom. The van der Waals surface area contributed by atoms with Gasteiger partial charge in [0.15, 0.2) is 0 Å². The van der Waals surface area contributed by atoms with Gasteiger partial charge in [-0.1, -0.05) is 43.0 Å². The van der Waals surface area contributed by atoms with Crippen molar-refractivity contribution < 1.29 is 14.3 Å². The minimum atomic E-state index is -0.315. The molecule has 0 unspecified atom stereocenters. The van der Waals surface area contributed by atoms with Gasteiger partial charge in [-0.3, -0.25) is 0 Å². The van der Waals surface area contributed by atoms with Crippen LogP contribution in [0.1, 0.15) is 38.2 Å². The van der Waals surface area contributed by atoms with Crippen molar-refractivity contribution in [2.24, 2.45) is 5.10 Å². The van der Waals surface area contributed by atoms with E-state index in [4.69, 9.17) is 14.6 Å². The summed E-state index contributed by atoms with van der Waals surface area (Å²) in [6, 6.07) is 28.1. The van der Waals surface area contributed by atoms with Crippen LogP contribution in [-0.4, -0.2) is 25.4 Å². The van der Waals surface area contributed by atoms with E-state index in [0.717, 1.165) is 48.4 Å². The van der Waals surface area contributed by atoms with E-state index in [1.165, 1.54) is 0 Å². The maximum atomic E-state index is 11.3. The van der Waals surface area contributed by atoms with Crippen molar-refractivity contribution in [1.29, 1.82) is 0 Å². The van der Waals surface area contributed by atoms with Crippen LogP contribution in [0.4, 0.5) is 11.4 Å². The number of anilines is 2. The lowest BCUT2D eigenvalue weighted by atomic mass is 10.2. The molecule has 0 aliphatic carbocycles. The van der Waals surface area contributed by atoms with E-state index >= 15 is 0 Å². The summed E-state index contributed by atoms with van der Waals surface area (Å²) in [5.74, 6) is 0.528. The molecule has 0 bridgehead atoms. The van der Waals surface area contributed by atoms with Gasteiger partial charge in [0.1, 0.15) is 5.75 Å². The second-order valence-electron chi connectivity index (χ2n) is 7.98. The highest BCUT2D eigenvalue weighted by Gasteiger charge is 2.06. The third-order valence-electron chi connectivity index (χ3n) is 5.09. The minimum Gasteiger partial charge on any atom is -0.494 e. The molecule has 0 heterocycles. The Kier molecular flexibility index (Phi) is 9.93. The van der Waals surface area contributed by atoms with E-state index < -0.39 is 0 Å². The fourth-order valence-electron chi connectivity index (χ4n) is 3.23. The Morgan fingerprint density at radius 1 is 0.824 bits per heavy atom. The number of ether oxygens (including phenoxy) is 2. The van der Waals surface area contributed by atoms with Gasteiger partial charge in [0, 0.05) is 5.57 Å². The number of nitrogens with zero attached hydrogens (tertiary/aromatic N) is 2. The number of benzene rings is 3. The number of carbonyl (C=O) groups excluding carboxylic acids is 1. The number of hydrogen-bond donors (Lipinski definition) is 0. The predicted octanol–water partition coefficient (Wildman–Crippen LogP) is 6.92. The molecule has 0 aliphatic heterocycles. The molecule has 0 saturated carbocycles. The second kappa shape index (κ2) is 13.6. The maximum absolute atomic E-state index is 11.3. The molecule has 0 saturated heterocycles. The molecule has 3 rings (SSSR count). The second-order valence-corrected chi connectivity index (χ2v) is 7.98. The highest BCUT2D eigenvalue weighted by molar-refractivity contribution is 5.86. The van der Waals surface area contributed by atoms with Gasteiger partial charge in [-0.25, -0.2) is 9.80 Å². The first-order valence-electron chi connectivity index (χ1n) is 11.6. The Labute approximate surface area is 202 Å². The zero-order valence-electron chi connectivity index (χ0n) is 19.7. The number of unbranched alkanes of at least 4 members (excludes halogenated alkanes) is 3. The third kappa shape index (κ3) is 8.24. The van der Waals surface area contributed by atoms with Crippen LogP contribution in [0.25, 0.3) is 0 Å². The van der Waals surface area contributed by atoms with Crippen LogP contribution in [0.3, 0.4) is 0 Å². The predicted molar refractivity (Wildman–Crippen MR) is 139 cm³/mol. The number of carbonyl (C=O) groups is 1. The number of rotatable bonds is 13. The normalized spacial score (nSPS) is 10.7. The Hall–Kier alpha value is -3.86. The van der Waals surface area contributed by atoms with Gasteiger partial charge >= 0.3 is 5.97 Å². The van der Waals surface area contributed by atoms with Crippen molar-refractivity contribution in [1.82, 2.24) is 0 Å². The first kappa shape index (κ1) is 24.8. The summed E-state index contributed by atoms with van der Waals surface area (Å²) >= 11 is 0. The first-order valence-corrected chi connectivity index (χ1v) is 11.6. The molecule has 0 radical (unpaired) electrons. The Bertz CT molecular complexity index is 1010. The maximum Gasteiger partial charge on any atom is 0.333 e. The zero-order valence-corrected chi connectivity index (χ0v) is 19.7. The average molecular weight is 457 g/mol. The number of esters is 1. The highest BCUT2D eigenvalue weighted by Crippen LogP contribution is 2.25. The fraction of sp³-hybridized carbons (Fsp3) is 0.241. The lowest BCUT2D eigenvalue weighted by Crippen LogP contribution is -2.09. The molecule has 0 atom stereocenters. The smallest absolute Gasteiger partial charge is 0.333 e. The fourth-order valence-corrected chi connectivity index (χ4v) is 3.23. The molecule has 0 amide bonds. The molecular formula is C29H32N2O3. The molecule has 5 heteroatoms. The molecule has 3 aromatic rings. The van der Waals surface area contributed by atoms with Crippen LogP contribution in [0.2, 0.25) is 0 Å². The number of para-hydroxylation sites is 2. The highest BCUT2D eigenvalue weighted by atomic mass is 16.5. The van der Waals surface area contributed by atoms with Gasteiger partial charge in [-0.15, -0.1) is 0 Å². The summed E-state index contributed by atoms with van der Waals surface area (Å²) in [4.78, 5) is 11.3. The largest absolute Gasteiger partial charge is 0.494 e. The van der Waals surface area contributed by atoms with Gasteiger partial charge in [0.2, 0.25) is 0 Å². The SMILES string of the molecule is C=C(C)C(=O)OCCCCCCOc1ccc(/C=N/N(c2ccccc2)c2ccccc2)cc1. The van der Waals surface area contributed by atoms with Crippen LogP contribution in [0.5, 0.6) is 5.75 Å². The van der Waals surface area contributed by atoms with E-state index in [1.807, 2.05) is 96.2 Å². The molecule has 0 aromatic heterocycles. The standard InChI is InChI=1S/C29H32N2O3/c1-24(2)29(32)34-22-12-4-3-11-21-33-28-19-17-25(18-20-28)23-30-31(26-13-7-5-8-14-26)27-15-9-6-10-16-27/h5-10,13-20,23H,1,3-4,11-12,21-22H2,2H3/b30-23+. The molecule has 0 fully saturated rings. The molecule has 0 spiro atoms. The summed E-state index contributed by atoms with van der Waals surface area (Å²) < 4.78 is 10.9. The monoisotopic (exact) mass is 456 g/mol. The van der Waals surface area contributed by atoms with Crippen LogP contribution >= 0.6 is 0 Å².